The van der Waals surface area contributed by atoms with Gasteiger partial charge in [0, 0.05) is 42.2 Å². The predicted molar refractivity (Wildman–Crippen MR) is 119 cm³/mol. The molecule has 1 aliphatic heterocycles. The van der Waals surface area contributed by atoms with E-state index >= 15 is 0 Å². The highest BCUT2D eigenvalue weighted by Gasteiger charge is 2.25. The Labute approximate surface area is 175 Å². The number of amides is 1. The Bertz CT molecular complexity index is 1000. The van der Waals surface area contributed by atoms with Crippen molar-refractivity contribution in [2.75, 3.05) is 23.3 Å². The van der Waals surface area contributed by atoms with E-state index in [1.807, 2.05) is 35.2 Å². The van der Waals surface area contributed by atoms with E-state index in [2.05, 4.69) is 42.5 Å². The molecule has 5 nitrogen and oxygen atoms in total. The minimum Gasteiger partial charge on any atom is -0.370 e. The van der Waals surface area contributed by atoms with E-state index in [9.17, 15) is 4.79 Å². The molecule has 0 aliphatic carbocycles. The van der Waals surface area contributed by atoms with Crippen molar-refractivity contribution in [2.24, 2.45) is 0 Å². The summed E-state index contributed by atoms with van der Waals surface area (Å²) in [4.78, 5) is 23.9. The van der Waals surface area contributed by atoms with E-state index in [1.54, 1.807) is 17.5 Å². The molecular formula is C23H26N4OS. The van der Waals surface area contributed by atoms with Gasteiger partial charge >= 0.3 is 0 Å². The van der Waals surface area contributed by atoms with Crippen LogP contribution in [0.25, 0.3) is 0 Å². The number of hydrogen-bond acceptors (Lipinski definition) is 5. The largest absolute Gasteiger partial charge is 0.370 e. The summed E-state index contributed by atoms with van der Waals surface area (Å²) in [6.45, 7) is 8.03. The maximum absolute atomic E-state index is 12.9. The van der Waals surface area contributed by atoms with E-state index in [0.29, 0.717) is 5.56 Å². The van der Waals surface area contributed by atoms with Crippen molar-refractivity contribution in [3.63, 3.8) is 0 Å². The molecular weight excluding hydrogens is 380 g/mol. The van der Waals surface area contributed by atoms with Crippen LogP contribution in [0.4, 0.5) is 11.5 Å². The number of para-hydroxylation sites is 1. The molecule has 1 amide bonds. The second-order valence-corrected chi connectivity index (χ2v) is 9.20. The predicted octanol–water partition coefficient (Wildman–Crippen LogP) is 4.69. The average Bonchev–Trinajstić information content (AvgIpc) is 3.35. The molecule has 0 bridgehead atoms. The van der Waals surface area contributed by atoms with Crippen LogP contribution >= 0.6 is 11.3 Å². The molecule has 2 aromatic heterocycles. The molecule has 1 aliphatic rings. The second-order valence-electron chi connectivity index (χ2n) is 8.34. The zero-order valence-corrected chi connectivity index (χ0v) is 17.9. The van der Waals surface area contributed by atoms with Gasteiger partial charge in [0.25, 0.3) is 5.91 Å². The van der Waals surface area contributed by atoms with Crippen molar-refractivity contribution in [2.45, 2.75) is 39.0 Å². The lowest BCUT2D eigenvalue weighted by Crippen LogP contribution is -2.28. The number of carbonyl (C=O) groups is 1. The molecule has 3 heterocycles. The summed E-state index contributed by atoms with van der Waals surface area (Å²) in [5.41, 5.74) is 4.05. The fraction of sp³-hybridized carbons (Fsp3) is 0.348. The Morgan fingerprint density at radius 3 is 2.76 bits per heavy atom. The lowest BCUT2D eigenvalue weighted by molar-refractivity contribution is 0.0989. The lowest BCUT2D eigenvalue weighted by Gasteiger charge is -2.17. The Morgan fingerprint density at radius 1 is 1.21 bits per heavy atom. The molecule has 1 aromatic carbocycles. The number of nitrogens with one attached hydrogen (secondary N) is 1. The van der Waals surface area contributed by atoms with E-state index in [-0.39, 0.29) is 11.3 Å². The molecule has 0 atom stereocenters. The van der Waals surface area contributed by atoms with Crippen LogP contribution < -0.4 is 10.2 Å². The van der Waals surface area contributed by atoms with Crippen LogP contribution in [0.5, 0.6) is 0 Å². The van der Waals surface area contributed by atoms with Gasteiger partial charge in [-0.15, -0.1) is 11.3 Å². The SMILES string of the molecule is CC(C)(C)c1nc(CCNc2ccc(C(=O)N3CCc4ccccc43)cn2)cs1. The fourth-order valence-corrected chi connectivity index (χ4v) is 4.36. The zero-order valence-electron chi connectivity index (χ0n) is 17.1. The van der Waals surface area contributed by atoms with E-state index in [1.165, 1.54) is 5.56 Å². The standard InChI is InChI=1S/C23H26N4OS/c1-23(2,3)22-26-18(15-29-22)10-12-24-20-9-8-17(14-25-20)21(28)27-13-11-16-6-4-5-7-19(16)27/h4-9,14-15H,10-13H2,1-3H3,(H,24,25). The smallest absolute Gasteiger partial charge is 0.259 e. The van der Waals surface area contributed by atoms with E-state index in [0.717, 1.165) is 48.1 Å². The summed E-state index contributed by atoms with van der Waals surface area (Å²) < 4.78 is 0. The van der Waals surface area contributed by atoms with Crippen LogP contribution in [-0.4, -0.2) is 29.0 Å². The molecule has 0 saturated carbocycles. The number of rotatable bonds is 5. The highest BCUT2D eigenvalue weighted by atomic mass is 32.1. The number of carbonyl (C=O) groups excluding carboxylic acids is 1. The maximum Gasteiger partial charge on any atom is 0.259 e. The Morgan fingerprint density at radius 2 is 2.03 bits per heavy atom. The molecule has 0 radical (unpaired) electrons. The average molecular weight is 407 g/mol. The van der Waals surface area contributed by atoms with Gasteiger partial charge < -0.3 is 10.2 Å². The number of anilines is 2. The van der Waals surface area contributed by atoms with Gasteiger partial charge in [0.1, 0.15) is 5.82 Å². The third-order valence-corrected chi connectivity index (χ3v) is 6.34. The van der Waals surface area contributed by atoms with Crippen molar-refractivity contribution in [3.8, 4) is 0 Å². The quantitative estimate of drug-likeness (QED) is 0.668. The van der Waals surface area contributed by atoms with Gasteiger partial charge in [0.05, 0.1) is 16.3 Å². The van der Waals surface area contributed by atoms with Crippen molar-refractivity contribution in [1.82, 2.24) is 9.97 Å². The molecule has 3 aromatic rings. The highest BCUT2D eigenvalue weighted by Crippen LogP contribution is 2.29. The van der Waals surface area contributed by atoms with Crippen LogP contribution in [-0.2, 0) is 18.3 Å². The first-order valence-electron chi connectivity index (χ1n) is 9.96. The van der Waals surface area contributed by atoms with Gasteiger partial charge in [-0.25, -0.2) is 9.97 Å². The van der Waals surface area contributed by atoms with Crippen molar-refractivity contribution < 1.29 is 4.79 Å². The molecule has 0 saturated heterocycles. The highest BCUT2D eigenvalue weighted by molar-refractivity contribution is 7.09. The topological polar surface area (TPSA) is 58.1 Å². The van der Waals surface area contributed by atoms with E-state index in [4.69, 9.17) is 4.98 Å². The van der Waals surface area contributed by atoms with Gasteiger partial charge in [-0.3, -0.25) is 4.79 Å². The maximum atomic E-state index is 12.9. The molecule has 0 spiro atoms. The zero-order chi connectivity index (χ0) is 20.4. The molecule has 6 heteroatoms. The van der Waals surface area contributed by atoms with Crippen molar-refractivity contribution >= 4 is 28.7 Å². The minimum atomic E-state index is 0.00572. The summed E-state index contributed by atoms with van der Waals surface area (Å²) in [5.74, 6) is 0.779. The fourth-order valence-electron chi connectivity index (χ4n) is 3.41. The normalized spacial score (nSPS) is 13.4. The van der Waals surface area contributed by atoms with Gasteiger partial charge in [0.2, 0.25) is 0 Å². The number of aromatic nitrogens is 2. The van der Waals surface area contributed by atoms with Gasteiger partial charge in [-0.1, -0.05) is 39.0 Å². The summed E-state index contributed by atoms with van der Waals surface area (Å²) in [7, 11) is 0. The number of fused-ring (bicyclic) bond motifs is 1. The molecule has 29 heavy (non-hydrogen) atoms. The second kappa shape index (κ2) is 7.95. The first-order chi connectivity index (χ1) is 13.9. The van der Waals surface area contributed by atoms with Gasteiger partial charge in [-0.2, -0.15) is 0 Å². The van der Waals surface area contributed by atoms with Crippen molar-refractivity contribution in [3.05, 3.63) is 69.8 Å². The summed E-state index contributed by atoms with van der Waals surface area (Å²) >= 11 is 1.72. The molecule has 150 valence electrons. The monoisotopic (exact) mass is 406 g/mol. The van der Waals surface area contributed by atoms with E-state index < -0.39 is 0 Å². The van der Waals surface area contributed by atoms with Crippen LogP contribution in [0.15, 0.2) is 48.0 Å². The van der Waals surface area contributed by atoms with Crippen LogP contribution in [0.1, 0.15) is 47.4 Å². The number of pyridine rings is 1. The Kier molecular flexibility index (Phi) is 5.37. The first-order valence-corrected chi connectivity index (χ1v) is 10.8. The minimum absolute atomic E-state index is 0.00572. The first kappa shape index (κ1) is 19.6. The summed E-state index contributed by atoms with van der Waals surface area (Å²) in [6, 6.07) is 11.8. The number of hydrogen-bond donors (Lipinski definition) is 1. The Balaban J connectivity index is 1.34. The van der Waals surface area contributed by atoms with Gasteiger partial charge in [0.15, 0.2) is 0 Å². The summed E-state index contributed by atoms with van der Waals surface area (Å²) in [5, 5.41) is 6.62. The Hall–Kier alpha value is -2.73. The van der Waals surface area contributed by atoms with Gasteiger partial charge in [-0.05, 0) is 30.2 Å². The van der Waals surface area contributed by atoms with Crippen molar-refractivity contribution in [1.29, 1.82) is 0 Å². The van der Waals surface area contributed by atoms with Crippen LogP contribution in [0, 0.1) is 0 Å². The third kappa shape index (κ3) is 4.32. The molecule has 1 N–H and O–H groups in total. The molecule has 4 rings (SSSR count). The molecule has 0 fully saturated rings. The number of thiazole rings is 1. The van der Waals surface area contributed by atoms with Crippen LogP contribution in [0.2, 0.25) is 0 Å². The summed E-state index contributed by atoms with van der Waals surface area (Å²) in [6.07, 6.45) is 3.41. The third-order valence-electron chi connectivity index (χ3n) is 5.02. The lowest BCUT2D eigenvalue weighted by atomic mass is 9.98. The number of nitrogens with zero attached hydrogens (tertiary/aromatic N) is 3. The molecule has 0 unspecified atom stereocenters. The number of benzene rings is 1. The van der Waals surface area contributed by atoms with Crippen LogP contribution in [0.3, 0.4) is 0 Å².